The predicted octanol–water partition coefficient (Wildman–Crippen LogP) is 6.24. The fourth-order valence-electron chi connectivity index (χ4n) is 8.71. The number of aliphatic carboxylic acids is 3. The van der Waals surface area contributed by atoms with Gasteiger partial charge in [-0.15, -0.1) is 0 Å². The SMILES string of the molecule is O=C(O)CCCCCCCCCCCCCCCCC(=O)N[C@@H](CCC(=O)NCCOCCOCC(=O)NCCOCCOCC(=O)NCCCC[C@H](NC(=O)OCC1c2ccccc2-c2ccccc21)C(=O)O)C(=O)O. The summed E-state index contributed by atoms with van der Waals surface area (Å²) in [5.74, 6) is -4.65. The molecule has 8 N–H and O–H groups in total. The van der Waals surface area contributed by atoms with Crippen molar-refractivity contribution in [3.63, 3.8) is 0 Å². The molecule has 0 aromatic heterocycles. The number of carboxylic acid groups (broad SMARTS) is 3. The van der Waals surface area contributed by atoms with Gasteiger partial charge in [-0.2, -0.15) is 0 Å². The van der Waals surface area contributed by atoms with E-state index in [1.807, 2.05) is 48.5 Å². The Labute approximate surface area is 453 Å². The van der Waals surface area contributed by atoms with E-state index >= 15 is 0 Å². The molecule has 0 bridgehead atoms. The van der Waals surface area contributed by atoms with E-state index in [0.29, 0.717) is 25.8 Å². The number of carbonyl (C=O) groups excluding carboxylic acids is 5. The predicted molar refractivity (Wildman–Crippen MR) is 286 cm³/mol. The van der Waals surface area contributed by atoms with Gasteiger partial charge in [-0.3, -0.25) is 24.0 Å². The quantitative estimate of drug-likeness (QED) is 0.0340. The number of amides is 5. The lowest BCUT2D eigenvalue weighted by Gasteiger charge is -2.17. The molecule has 0 saturated heterocycles. The lowest BCUT2D eigenvalue weighted by atomic mass is 9.98. The monoisotopic (exact) mass is 1080 g/mol. The molecule has 2 aromatic rings. The average molecular weight is 1080 g/mol. The molecule has 1 aliphatic carbocycles. The summed E-state index contributed by atoms with van der Waals surface area (Å²) in [6, 6.07) is 13.5. The van der Waals surface area contributed by atoms with Gasteiger partial charge < -0.3 is 65.6 Å². The third kappa shape index (κ3) is 30.4. The van der Waals surface area contributed by atoms with Crippen molar-refractivity contribution in [3.05, 3.63) is 59.7 Å². The van der Waals surface area contributed by atoms with E-state index in [0.717, 1.165) is 67.2 Å². The maximum absolute atomic E-state index is 12.6. The van der Waals surface area contributed by atoms with Crippen LogP contribution in [0.3, 0.4) is 0 Å². The number of rotatable bonds is 47. The first-order valence-corrected chi connectivity index (χ1v) is 27.5. The standard InChI is InChI=1S/C56H85N5O16/c62-49(29-28-48(55(70)71)60-50(63)26-13-11-9-7-5-3-1-2-4-6-8-10-12-14-27-53(66)67)58-31-33-73-35-38-76-41-52(65)59-32-34-74-36-37-75-40-51(64)57-30-20-19-25-47(54(68)69)61-56(72)77-39-46-44-23-17-15-21-42(44)43-22-16-18-24-45(43)46/h15-18,21-24,46-48H,1-14,19-20,25-41H2,(H,57,64)(H,58,62)(H,59,65)(H,60,63)(H,61,72)(H,66,67)(H,68,69)(H,70,71)/t47-,48-/m0/s1. The second kappa shape index (κ2) is 41.0. The molecule has 21 nitrogen and oxygen atoms in total. The van der Waals surface area contributed by atoms with Crippen LogP contribution in [-0.2, 0) is 57.2 Å². The van der Waals surface area contributed by atoms with Crippen molar-refractivity contribution in [1.82, 2.24) is 26.6 Å². The number of ether oxygens (including phenoxy) is 5. The Morgan fingerprint density at radius 2 is 0.870 bits per heavy atom. The maximum atomic E-state index is 12.6. The summed E-state index contributed by atoms with van der Waals surface area (Å²) < 4.78 is 26.9. The van der Waals surface area contributed by atoms with Crippen LogP contribution in [0.15, 0.2) is 48.5 Å². The van der Waals surface area contributed by atoms with Crippen molar-refractivity contribution < 1.29 is 77.4 Å². The van der Waals surface area contributed by atoms with Crippen LogP contribution in [0.4, 0.5) is 4.79 Å². The number of carboxylic acids is 3. The molecule has 0 saturated carbocycles. The van der Waals surface area contributed by atoms with Crippen molar-refractivity contribution in [2.45, 2.75) is 153 Å². The Morgan fingerprint density at radius 3 is 1.38 bits per heavy atom. The van der Waals surface area contributed by atoms with E-state index in [2.05, 4.69) is 26.6 Å². The van der Waals surface area contributed by atoms with Crippen LogP contribution in [0, 0.1) is 0 Å². The third-order valence-corrected chi connectivity index (χ3v) is 12.9. The summed E-state index contributed by atoms with van der Waals surface area (Å²) in [6.45, 7) is 1.44. The van der Waals surface area contributed by atoms with E-state index < -0.39 is 36.1 Å². The molecule has 0 aliphatic heterocycles. The Morgan fingerprint density at radius 1 is 0.429 bits per heavy atom. The summed E-state index contributed by atoms with van der Waals surface area (Å²) in [5.41, 5.74) is 4.28. The van der Waals surface area contributed by atoms with Crippen LogP contribution in [0.1, 0.15) is 152 Å². The largest absolute Gasteiger partial charge is 0.481 e. The zero-order valence-corrected chi connectivity index (χ0v) is 44.8. The summed E-state index contributed by atoms with van der Waals surface area (Å²) >= 11 is 0. The average Bonchev–Trinajstić information content (AvgIpc) is 3.73. The molecule has 0 unspecified atom stereocenters. The van der Waals surface area contributed by atoms with Gasteiger partial charge in [-0.1, -0.05) is 126 Å². The molecule has 3 rings (SSSR count). The van der Waals surface area contributed by atoms with Crippen LogP contribution in [0.2, 0.25) is 0 Å². The van der Waals surface area contributed by atoms with Crippen molar-refractivity contribution in [3.8, 4) is 11.1 Å². The Balaban J connectivity index is 1.05. The van der Waals surface area contributed by atoms with E-state index in [1.54, 1.807) is 0 Å². The molecule has 0 radical (unpaired) electrons. The summed E-state index contributed by atoms with van der Waals surface area (Å²) in [6.07, 6.45) is 15.6. The van der Waals surface area contributed by atoms with Crippen LogP contribution >= 0.6 is 0 Å². The minimum Gasteiger partial charge on any atom is -0.481 e. The highest BCUT2D eigenvalue weighted by Gasteiger charge is 2.30. The molecular weight excluding hydrogens is 999 g/mol. The molecule has 5 amide bonds. The number of nitrogens with one attached hydrogen (secondary N) is 5. The van der Waals surface area contributed by atoms with Gasteiger partial charge in [0, 0.05) is 44.8 Å². The number of hydrogen-bond donors (Lipinski definition) is 8. The van der Waals surface area contributed by atoms with Crippen LogP contribution in [0.25, 0.3) is 11.1 Å². The molecule has 0 fully saturated rings. The molecular formula is C56H85N5O16. The molecule has 0 heterocycles. The van der Waals surface area contributed by atoms with Crippen molar-refractivity contribution >= 4 is 47.6 Å². The molecule has 1 aliphatic rings. The number of unbranched alkanes of at least 4 members (excludes halogenated alkanes) is 14. The van der Waals surface area contributed by atoms with Crippen molar-refractivity contribution in [2.75, 3.05) is 79.1 Å². The minimum absolute atomic E-state index is 0.0422. The topological polar surface area (TPSA) is 304 Å². The summed E-state index contributed by atoms with van der Waals surface area (Å²) in [7, 11) is 0. The first-order valence-electron chi connectivity index (χ1n) is 27.5. The zero-order chi connectivity index (χ0) is 55.7. The van der Waals surface area contributed by atoms with Crippen LogP contribution in [-0.4, -0.2) is 154 Å². The lowest BCUT2D eigenvalue weighted by Crippen LogP contribution is -2.41. The molecule has 77 heavy (non-hydrogen) atoms. The normalized spacial score (nSPS) is 12.4. The fourth-order valence-corrected chi connectivity index (χ4v) is 8.71. The fraction of sp³-hybridized carbons (Fsp3) is 0.643. The van der Waals surface area contributed by atoms with Gasteiger partial charge in [0.15, 0.2) is 0 Å². The van der Waals surface area contributed by atoms with E-state index in [-0.39, 0.29) is 134 Å². The van der Waals surface area contributed by atoms with Gasteiger partial charge in [0.25, 0.3) is 0 Å². The number of fused-ring (bicyclic) bond motifs is 3. The Hall–Kier alpha value is -6.16. The molecule has 2 atom stereocenters. The number of benzene rings is 2. The second-order valence-electron chi connectivity index (χ2n) is 19.1. The van der Waals surface area contributed by atoms with Gasteiger partial charge in [-0.25, -0.2) is 14.4 Å². The molecule has 0 spiro atoms. The van der Waals surface area contributed by atoms with Gasteiger partial charge in [0.1, 0.15) is 31.9 Å². The highest BCUT2D eigenvalue weighted by molar-refractivity contribution is 5.85. The highest BCUT2D eigenvalue weighted by atomic mass is 16.6. The minimum atomic E-state index is -1.20. The second-order valence-corrected chi connectivity index (χ2v) is 19.1. The van der Waals surface area contributed by atoms with Crippen LogP contribution < -0.4 is 26.6 Å². The molecule has 2 aromatic carbocycles. The Kier molecular flexibility index (Phi) is 34.7. The van der Waals surface area contributed by atoms with Crippen LogP contribution in [0.5, 0.6) is 0 Å². The number of carbonyl (C=O) groups is 8. The molecule has 430 valence electrons. The third-order valence-electron chi connectivity index (χ3n) is 12.9. The molecule has 21 heteroatoms. The van der Waals surface area contributed by atoms with Gasteiger partial charge in [-0.05, 0) is 60.8 Å². The number of alkyl carbamates (subject to hydrolysis) is 1. The summed E-state index contributed by atoms with van der Waals surface area (Å²) in [4.78, 5) is 95.5. The van der Waals surface area contributed by atoms with E-state index in [4.69, 9.17) is 28.8 Å². The Bertz CT molecular complexity index is 2030. The van der Waals surface area contributed by atoms with Gasteiger partial charge in [0.05, 0.1) is 39.6 Å². The number of hydrogen-bond acceptors (Lipinski definition) is 13. The first kappa shape index (κ1) is 65.1. The van der Waals surface area contributed by atoms with E-state index in [1.165, 1.54) is 38.5 Å². The van der Waals surface area contributed by atoms with Crippen molar-refractivity contribution in [1.29, 1.82) is 0 Å². The smallest absolute Gasteiger partial charge is 0.407 e. The highest BCUT2D eigenvalue weighted by Crippen LogP contribution is 2.44. The van der Waals surface area contributed by atoms with Gasteiger partial charge in [0.2, 0.25) is 23.6 Å². The maximum Gasteiger partial charge on any atom is 0.407 e. The summed E-state index contributed by atoms with van der Waals surface area (Å²) in [5, 5.41) is 40.9. The van der Waals surface area contributed by atoms with E-state index in [9.17, 15) is 48.6 Å². The van der Waals surface area contributed by atoms with Crippen molar-refractivity contribution in [2.24, 2.45) is 0 Å². The lowest BCUT2D eigenvalue weighted by molar-refractivity contribution is -0.142. The van der Waals surface area contributed by atoms with Gasteiger partial charge >= 0.3 is 24.0 Å². The zero-order valence-electron chi connectivity index (χ0n) is 44.8. The first-order chi connectivity index (χ1) is 37.3.